The lowest BCUT2D eigenvalue weighted by Gasteiger charge is -2.30. The molecule has 5 heteroatoms. The number of hydrogen-bond acceptors (Lipinski definition) is 3. The summed E-state index contributed by atoms with van der Waals surface area (Å²) in [5, 5.41) is 9.16. The molecule has 108 valence electrons. The first-order valence-corrected chi connectivity index (χ1v) is 6.80. The van der Waals surface area contributed by atoms with Crippen molar-refractivity contribution in [2.75, 3.05) is 18.1 Å². The Morgan fingerprint density at radius 3 is 2.80 bits per heavy atom. The van der Waals surface area contributed by atoms with Gasteiger partial charge in [-0.3, -0.25) is 4.79 Å². The predicted molar refractivity (Wildman–Crippen MR) is 75.3 cm³/mol. The van der Waals surface area contributed by atoms with Gasteiger partial charge in [0.2, 0.25) is 5.91 Å². The van der Waals surface area contributed by atoms with Crippen molar-refractivity contribution in [1.82, 2.24) is 0 Å². The SMILES string of the molecule is CC(C)CCC(=O)N1CCOc2c(C(=O)O)cccc21. The first-order valence-electron chi connectivity index (χ1n) is 6.80. The van der Waals surface area contributed by atoms with Crippen LogP contribution in [0, 0.1) is 5.92 Å². The summed E-state index contributed by atoms with van der Waals surface area (Å²) in [6.45, 7) is 4.93. The van der Waals surface area contributed by atoms with E-state index in [1.807, 2.05) is 0 Å². The lowest BCUT2D eigenvalue weighted by molar-refractivity contribution is -0.119. The van der Waals surface area contributed by atoms with Crippen molar-refractivity contribution in [3.8, 4) is 5.75 Å². The minimum absolute atomic E-state index is 0.0192. The summed E-state index contributed by atoms with van der Waals surface area (Å²) in [4.78, 5) is 25.1. The molecule has 0 fully saturated rings. The van der Waals surface area contributed by atoms with E-state index in [4.69, 9.17) is 9.84 Å². The Labute approximate surface area is 118 Å². The number of amides is 1. The molecule has 0 unspecified atom stereocenters. The highest BCUT2D eigenvalue weighted by Crippen LogP contribution is 2.35. The van der Waals surface area contributed by atoms with Crippen molar-refractivity contribution in [3.63, 3.8) is 0 Å². The van der Waals surface area contributed by atoms with E-state index in [2.05, 4.69) is 13.8 Å². The van der Waals surface area contributed by atoms with E-state index < -0.39 is 5.97 Å². The quantitative estimate of drug-likeness (QED) is 0.918. The van der Waals surface area contributed by atoms with Crippen molar-refractivity contribution in [3.05, 3.63) is 23.8 Å². The molecule has 1 aromatic rings. The summed E-state index contributed by atoms with van der Waals surface area (Å²) in [6, 6.07) is 4.86. The lowest BCUT2D eigenvalue weighted by Crippen LogP contribution is -2.38. The topological polar surface area (TPSA) is 66.8 Å². The number of para-hydroxylation sites is 1. The fraction of sp³-hybridized carbons (Fsp3) is 0.467. The Morgan fingerprint density at radius 2 is 2.15 bits per heavy atom. The fourth-order valence-electron chi connectivity index (χ4n) is 2.22. The Kier molecular flexibility index (Phi) is 4.27. The molecule has 0 atom stereocenters. The van der Waals surface area contributed by atoms with Crippen LogP contribution in [-0.4, -0.2) is 30.1 Å². The zero-order chi connectivity index (χ0) is 14.7. The van der Waals surface area contributed by atoms with E-state index in [0.717, 1.165) is 6.42 Å². The van der Waals surface area contributed by atoms with E-state index in [1.165, 1.54) is 6.07 Å². The van der Waals surface area contributed by atoms with Crippen LogP contribution in [0.5, 0.6) is 5.75 Å². The van der Waals surface area contributed by atoms with Crippen LogP contribution >= 0.6 is 0 Å². The normalized spacial score (nSPS) is 13.8. The maximum absolute atomic E-state index is 12.3. The Balaban J connectivity index is 2.26. The molecule has 1 aliphatic heterocycles. The molecule has 0 spiro atoms. The van der Waals surface area contributed by atoms with Gasteiger partial charge in [0, 0.05) is 6.42 Å². The molecular formula is C15H19NO4. The second kappa shape index (κ2) is 5.94. The zero-order valence-electron chi connectivity index (χ0n) is 11.8. The second-order valence-corrected chi connectivity index (χ2v) is 5.29. The van der Waals surface area contributed by atoms with Crippen LogP contribution in [0.1, 0.15) is 37.0 Å². The van der Waals surface area contributed by atoms with Gasteiger partial charge in [0.05, 0.1) is 12.2 Å². The van der Waals surface area contributed by atoms with E-state index in [9.17, 15) is 9.59 Å². The van der Waals surface area contributed by atoms with Gasteiger partial charge in [-0.1, -0.05) is 19.9 Å². The summed E-state index contributed by atoms with van der Waals surface area (Å²) in [5.74, 6) is -0.266. The van der Waals surface area contributed by atoms with Crippen molar-refractivity contribution in [2.24, 2.45) is 5.92 Å². The van der Waals surface area contributed by atoms with Gasteiger partial charge in [-0.2, -0.15) is 0 Å². The van der Waals surface area contributed by atoms with Gasteiger partial charge < -0.3 is 14.7 Å². The second-order valence-electron chi connectivity index (χ2n) is 5.29. The van der Waals surface area contributed by atoms with Crippen LogP contribution in [0.2, 0.25) is 0 Å². The van der Waals surface area contributed by atoms with E-state index in [-0.39, 0.29) is 11.5 Å². The van der Waals surface area contributed by atoms with Crippen molar-refractivity contribution >= 4 is 17.6 Å². The smallest absolute Gasteiger partial charge is 0.339 e. The molecule has 0 aromatic heterocycles. The van der Waals surface area contributed by atoms with Gasteiger partial charge in [0.1, 0.15) is 12.2 Å². The molecular weight excluding hydrogens is 258 g/mol. The van der Waals surface area contributed by atoms with Gasteiger partial charge in [-0.25, -0.2) is 4.79 Å². The molecule has 1 aromatic carbocycles. The van der Waals surface area contributed by atoms with Crippen molar-refractivity contribution < 1.29 is 19.4 Å². The first kappa shape index (κ1) is 14.4. The van der Waals surface area contributed by atoms with Gasteiger partial charge in [0.25, 0.3) is 0 Å². The molecule has 0 saturated heterocycles. The molecule has 1 N–H and O–H groups in total. The highest BCUT2D eigenvalue weighted by molar-refractivity contribution is 5.99. The molecule has 0 aliphatic carbocycles. The molecule has 0 saturated carbocycles. The number of carbonyl (C=O) groups is 2. The van der Waals surface area contributed by atoms with Crippen LogP contribution in [0.25, 0.3) is 0 Å². The molecule has 2 rings (SSSR count). The summed E-state index contributed by atoms with van der Waals surface area (Å²) in [5.41, 5.74) is 0.661. The number of aromatic carboxylic acids is 1. The minimum Gasteiger partial charge on any atom is -0.489 e. The largest absolute Gasteiger partial charge is 0.489 e. The van der Waals surface area contributed by atoms with Gasteiger partial charge in [-0.05, 0) is 24.5 Å². The number of benzene rings is 1. The fourth-order valence-corrected chi connectivity index (χ4v) is 2.22. The van der Waals surface area contributed by atoms with Gasteiger partial charge in [-0.15, -0.1) is 0 Å². The number of nitrogens with zero attached hydrogens (tertiary/aromatic N) is 1. The average molecular weight is 277 g/mol. The lowest BCUT2D eigenvalue weighted by atomic mass is 10.1. The van der Waals surface area contributed by atoms with Crippen molar-refractivity contribution in [2.45, 2.75) is 26.7 Å². The Hall–Kier alpha value is -2.04. The standard InChI is InChI=1S/C15H19NO4/c1-10(2)6-7-13(17)16-8-9-20-14-11(15(18)19)4-3-5-12(14)16/h3-5,10H,6-9H2,1-2H3,(H,18,19). The molecule has 5 nitrogen and oxygen atoms in total. The molecule has 20 heavy (non-hydrogen) atoms. The number of rotatable bonds is 4. The molecule has 1 aliphatic rings. The highest BCUT2D eigenvalue weighted by Gasteiger charge is 2.27. The maximum Gasteiger partial charge on any atom is 0.339 e. The monoisotopic (exact) mass is 277 g/mol. The molecule has 1 amide bonds. The van der Waals surface area contributed by atoms with Crippen LogP contribution in [0.4, 0.5) is 5.69 Å². The summed E-state index contributed by atoms with van der Waals surface area (Å²) in [7, 11) is 0. The van der Waals surface area contributed by atoms with Crippen LogP contribution in [-0.2, 0) is 4.79 Å². The average Bonchev–Trinajstić information content (AvgIpc) is 2.43. The number of fused-ring (bicyclic) bond motifs is 1. The van der Waals surface area contributed by atoms with Crippen molar-refractivity contribution in [1.29, 1.82) is 0 Å². The Morgan fingerprint density at radius 1 is 1.40 bits per heavy atom. The van der Waals surface area contributed by atoms with Gasteiger partial charge >= 0.3 is 5.97 Å². The summed E-state index contributed by atoms with van der Waals surface area (Å²) < 4.78 is 5.45. The third kappa shape index (κ3) is 2.92. The number of carboxylic acid groups (broad SMARTS) is 1. The summed E-state index contributed by atoms with van der Waals surface area (Å²) >= 11 is 0. The first-order chi connectivity index (χ1) is 9.50. The van der Waals surface area contributed by atoms with Gasteiger partial charge in [0.15, 0.2) is 5.75 Å². The summed E-state index contributed by atoms with van der Waals surface area (Å²) in [6.07, 6.45) is 1.29. The van der Waals surface area contributed by atoms with Crippen LogP contribution < -0.4 is 9.64 Å². The molecule has 1 heterocycles. The van der Waals surface area contributed by atoms with Crippen LogP contribution in [0.3, 0.4) is 0 Å². The van der Waals surface area contributed by atoms with E-state index in [1.54, 1.807) is 17.0 Å². The third-order valence-corrected chi connectivity index (χ3v) is 3.31. The zero-order valence-corrected chi connectivity index (χ0v) is 11.8. The number of ether oxygens (including phenoxy) is 1. The maximum atomic E-state index is 12.3. The number of anilines is 1. The van der Waals surface area contributed by atoms with E-state index >= 15 is 0 Å². The number of carbonyl (C=O) groups excluding carboxylic acids is 1. The number of hydrogen-bond donors (Lipinski definition) is 1. The molecule has 0 radical (unpaired) electrons. The Bertz CT molecular complexity index is 525. The predicted octanol–water partition coefficient (Wildman–Crippen LogP) is 2.55. The third-order valence-electron chi connectivity index (χ3n) is 3.31. The highest BCUT2D eigenvalue weighted by atomic mass is 16.5. The van der Waals surface area contributed by atoms with Crippen LogP contribution in [0.15, 0.2) is 18.2 Å². The van der Waals surface area contributed by atoms with E-state index in [0.29, 0.717) is 36.9 Å². The minimum atomic E-state index is -1.04. The molecule has 0 bridgehead atoms. The number of carboxylic acids is 1.